The Morgan fingerprint density at radius 3 is 2.47 bits per heavy atom. The van der Waals surface area contributed by atoms with Crippen molar-refractivity contribution >= 4 is 5.91 Å². The minimum absolute atomic E-state index is 0.0306. The van der Waals surface area contributed by atoms with Crippen LogP contribution >= 0.6 is 0 Å². The van der Waals surface area contributed by atoms with Gasteiger partial charge in [0.1, 0.15) is 6.54 Å². The maximum absolute atomic E-state index is 12.4. The third kappa shape index (κ3) is 4.97. The van der Waals surface area contributed by atoms with Gasteiger partial charge in [0.05, 0.1) is 5.69 Å². The fraction of sp³-hybridized carbons (Fsp3) is 0.360. The average Bonchev–Trinajstić information content (AvgIpc) is 3.36. The fourth-order valence-electron chi connectivity index (χ4n) is 4.17. The number of amides is 1. The highest BCUT2D eigenvalue weighted by atomic mass is 16.2. The van der Waals surface area contributed by atoms with Crippen LogP contribution in [-0.2, 0) is 24.4 Å². The first-order chi connectivity index (χ1) is 14.6. The van der Waals surface area contributed by atoms with E-state index in [2.05, 4.69) is 57.8 Å². The van der Waals surface area contributed by atoms with E-state index in [9.17, 15) is 4.79 Å². The van der Waals surface area contributed by atoms with E-state index >= 15 is 0 Å². The van der Waals surface area contributed by atoms with E-state index in [1.807, 2.05) is 26.0 Å². The minimum atomic E-state index is -0.0306. The zero-order valence-electron chi connectivity index (χ0n) is 17.9. The topological polar surface area (TPSA) is 50.2 Å². The molecular weight excluding hydrogens is 372 g/mol. The van der Waals surface area contributed by atoms with E-state index in [1.165, 1.54) is 37.1 Å². The van der Waals surface area contributed by atoms with Gasteiger partial charge in [-0.25, -0.2) is 0 Å². The fourth-order valence-corrected chi connectivity index (χ4v) is 4.17. The molecule has 30 heavy (non-hydrogen) atoms. The molecular formula is C25H30N4O. The van der Waals surface area contributed by atoms with E-state index in [0.717, 1.165) is 29.1 Å². The van der Waals surface area contributed by atoms with Gasteiger partial charge in [-0.2, -0.15) is 5.10 Å². The summed E-state index contributed by atoms with van der Waals surface area (Å²) in [5.74, 6) is -0.0306. The van der Waals surface area contributed by atoms with Crippen molar-refractivity contribution in [2.75, 3.05) is 13.1 Å². The molecule has 0 radical (unpaired) electrons. The molecule has 3 aromatic rings. The number of carbonyl (C=O) groups excluding carboxylic acids is 1. The molecule has 1 N–H and O–H groups in total. The van der Waals surface area contributed by atoms with Gasteiger partial charge in [-0.15, -0.1) is 0 Å². The zero-order valence-corrected chi connectivity index (χ0v) is 17.9. The number of likely N-dealkylation sites (tertiary alicyclic amines) is 1. The molecule has 0 spiro atoms. The van der Waals surface area contributed by atoms with Crippen LogP contribution in [0, 0.1) is 13.8 Å². The summed E-state index contributed by atoms with van der Waals surface area (Å²) in [6.45, 7) is 8.11. The van der Waals surface area contributed by atoms with E-state index in [0.29, 0.717) is 6.54 Å². The number of aryl methyl sites for hydroxylation is 2. The van der Waals surface area contributed by atoms with Crippen LogP contribution in [0.3, 0.4) is 0 Å². The van der Waals surface area contributed by atoms with Gasteiger partial charge in [0.25, 0.3) is 0 Å². The number of carbonyl (C=O) groups is 1. The highest BCUT2D eigenvalue weighted by Gasteiger charge is 2.12. The van der Waals surface area contributed by atoms with Crippen molar-refractivity contribution in [3.63, 3.8) is 0 Å². The lowest BCUT2D eigenvalue weighted by atomic mass is 9.98. The molecule has 0 saturated carbocycles. The van der Waals surface area contributed by atoms with Crippen molar-refractivity contribution in [3.05, 3.63) is 77.1 Å². The molecule has 1 aliphatic heterocycles. The smallest absolute Gasteiger partial charge is 0.242 e. The van der Waals surface area contributed by atoms with Crippen molar-refractivity contribution < 1.29 is 4.79 Å². The highest BCUT2D eigenvalue weighted by Crippen LogP contribution is 2.25. The van der Waals surface area contributed by atoms with Crippen molar-refractivity contribution in [2.24, 2.45) is 0 Å². The summed E-state index contributed by atoms with van der Waals surface area (Å²) in [7, 11) is 0. The zero-order chi connectivity index (χ0) is 20.9. The summed E-state index contributed by atoms with van der Waals surface area (Å²) in [6.07, 6.45) is 2.63. The Morgan fingerprint density at radius 1 is 1.03 bits per heavy atom. The first-order valence-corrected chi connectivity index (χ1v) is 10.8. The molecule has 1 amide bonds. The first kappa shape index (κ1) is 20.4. The van der Waals surface area contributed by atoms with Crippen LogP contribution in [0.4, 0.5) is 0 Å². The van der Waals surface area contributed by atoms with E-state index in [-0.39, 0.29) is 12.5 Å². The monoisotopic (exact) mass is 402 g/mol. The summed E-state index contributed by atoms with van der Waals surface area (Å²) in [5, 5.41) is 7.41. The summed E-state index contributed by atoms with van der Waals surface area (Å²) >= 11 is 0. The number of aromatic nitrogens is 2. The molecule has 4 rings (SSSR count). The number of benzene rings is 2. The number of hydrogen-bond donors (Lipinski definition) is 1. The molecule has 1 saturated heterocycles. The SMILES string of the molecule is Cc1cc(C)n(CC(=O)NCc2ccccc2-c2ccc(CN3CCCC3)cc2)n1. The standard InChI is InChI=1S/C25H30N4O/c1-19-15-20(2)29(27-19)18-25(30)26-16-23-7-3-4-8-24(23)22-11-9-21(10-12-22)17-28-13-5-6-14-28/h3-4,7-12,15H,5-6,13-14,16-18H2,1-2H3,(H,26,30). The second-order valence-corrected chi connectivity index (χ2v) is 8.20. The average molecular weight is 403 g/mol. The minimum Gasteiger partial charge on any atom is -0.350 e. The number of hydrogen-bond acceptors (Lipinski definition) is 3. The Bertz CT molecular complexity index is 1000. The van der Waals surface area contributed by atoms with Crippen molar-refractivity contribution in [1.29, 1.82) is 0 Å². The molecule has 2 heterocycles. The van der Waals surface area contributed by atoms with Gasteiger partial charge in [-0.05, 0) is 68.1 Å². The lowest BCUT2D eigenvalue weighted by Gasteiger charge is -2.15. The van der Waals surface area contributed by atoms with Gasteiger partial charge in [0, 0.05) is 18.8 Å². The Labute approximate surface area is 178 Å². The summed E-state index contributed by atoms with van der Waals surface area (Å²) in [5.41, 5.74) is 6.75. The predicted molar refractivity (Wildman–Crippen MR) is 120 cm³/mol. The molecule has 0 bridgehead atoms. The molecule has 5 nitrogen and oxygen atoms in total. The molecule has 0 unspecified atom stereocenters. The highest BCUT2D eigenvalue weighted by molar-refractivity contribution is 5.76. The molecule has 2 aromatic carbocycles. The predicted octanol–water partition coefficient (Wildman–Crippen LogP) is 4.08. The molecule has 1 aromatic heterocycles. The van der Waals surface area contributed by atoms with Crippen LogP contribution in [0.5, 0.6) is 0 Å². The van der Waals surface area contributed by atoms with Crippen molar-refractivity contribution in [1.82, 2.24) is 20.0 Å². The lowest BCUT2D eigenvalue weighted by Crippen LogP contribution is -2.28. The maximum Gasteiger partial charge on any atom is 0.242 e. The van der Waals surface area contributed by atoms with Gasteiger partial charge in [-0.3, -0.25) is 14.4 Å². The number of nitrogens with one attached hydrogen (secondary N) is 1. The van der Waals surface area contributed by atoms with E-state index in [4.69, 9.17) is 0 Å². The van der Waals surface area contributed by atoms with Crippen LogP contribution in [0.1, 0.15) is 35.4 Å². The summed E-state index contributed by atoms with van der Waals surface area (Å²) in [4.78, 5) is 14.9. The van der Waals surface area contributed by atoms with Crippen LogP contribution < -0.4 is 5.32 Å². The first-order valence-electron chi connectivity index (χ1n) is 10.8. The maximum atomic E-state index is 12.4. The van der Waals surface area contributed by atoms with Gasteiger partial charge in [0.15, 0.2) is 0 Å². The largest absolute Gasteiger partial charge is 0.350 e. The third-order valence-corrected chi connectivity index (χ3v) is 5.76. The van der Waals surface area contributed by atoms with Crippen LogP contribution in [0.25, 0.3) is 11.1 Å². The van der Waals surface area contributed by atoms with Crippen LogP contribution in [0.15, 0.2) is 54.6 Å². The third-order valence-electron chi connectivity index (χ3n) is 5.76. The molecule has 5 heteroatoms. The van der Waals surface area contributed by atoms with Crippen molar-refractivity contribution in [3.8, 4) is 11.1 Å². The Morgan fingerprint density at radius 2 is 1.77 bits per heavy atom. The Balaban J connectivity index is 1.40. The summed E-state index contributed by atoms with van der Waals surface area (Å²) < 4.78 is 1.75. The van der Waals surface area contributed by atoms with Gasteiger partial charge in [0.2, 0.25) is 5.91 Å². The van der Waals surface area contributed by atoms with Gasteiger partial charge < -0.3 is 5.32 Å². The van der Waals surface area contributed by atoms with E-state index < -0.39 is 0 Å². The molecule has 1 aliphatic rings. The van der Waals surface area contributed by atoms with Crippen LogP contribution in [0.2, 0.25) is 0 Å². The summed E-state index contributed by atoms with van der Waals surface area (Å²) in [6, 6.07) is 19.1. The normalized spacial score (nSPS) is 14.2. The number of nitrogens with zero attached hydrogens (tertiary/aromatic N) is 3. The van der Waals surface area contributed by atoms with Crippen LogP contribution in [-0.4, -0.2) is 33.7 Å². The molecule has 1 fully saturated rings. The molecule has 156 valence electrons. The molecule has 0 atom stereocenters. The molecule has 0 aliphatic carbocycles. The van der Waals surface area contributed by atoms with Gasteiger partial charge in [-0.1, -0.05) is 48.5 Å². The second-order valence-electron chi connectivity index (χ2n) is 8.20. The van der Waals surface area contributed by atoms with E-state index in [1.54, 1.807) is 4.68 Å². The lowest BCUT2D eigenvalue weighted by molar-refractivity contribution is -0.122. The Kier molecular flexibility index (Phi) is 6.29. The Hall–Kier alpha value is -2.92. The second kappa shape index (κ2) is 9.26. The van der Waals surface area contributed by atoms with Gasteiger partial charge >= 0.3 is 0 Å². The number of rotatable bonds is 7. The quantitative estimate of drug-likeness (QED) is 0.648. The van der Waals surface area contributed by atoms with Crippen molar-refractivity contribution in [2.45, 2.75) is 46.3 Å².